The van der Waals surface area contributed by atoms with Crippen LogP contribution in [-0.4, -0.2) is 44.2 Å². The summed E-state index contributed by atoms with van der Waals surface area (Å²) in [6.07, 6.45) is 3.92. The first-order valence-electron chi connectivity index (χ1n) is 7.70. The lowest BCUT2D eigenvalue weighted by Gasteiger charge is -2.25. The lowest BCUT2D eigenvalue weighted by Crippen LogP contribution is -2.35. The summed E-state index contributed by atoms with van der Waals surface area (Å²) < 4.78 is 13.4. The van der Waals surface area contributed by atoms with Gasteiger partial charge in [-0.25, -0.2) is 4.39 Å². The van der Waals surface area contributed by atoms with Gasteiger partial charge in [-0.2, -0.15) is 0 Å². The molecule has 20 heavy (non-hydrogen) atoms. The van der Waals surface area contributed by atoms with E-state index in [1.54, 1.807) is 12.1 Å². The maximum atomic E-state index is 13.4. The van der Waals surface area contributed by atoms with Gasteiger partial charge in [0.05, 0.1) is 0 Å². The van der Waals surface area contributed by atoms with Crippen molar-refractivity contribution in [2.45, 2.75) is 31.8 Å². The minimum Gasteiger partial charge on any atom is -0.370 e. The first kappa shape index (κ1) is 13.8. The second-order valence-corrected chi connectivity index (χ2v) is 5.93. The Hall–Kier alpha value is -1.13. The second-order valence-electron chi connectivity index (χ2n) is 5.93. The highest BCUT2D eigenvalue weighted by Crippen LogP contribution is 2.28. The van der Waals surface area contributed by atoms with Crippen molar-refractivity contribution in [3.05, 3.63) is 29.6 Å². The summed E-state index contributed by atoms with van der Waals surface area (Å²) in [5.41, 5.74) is 2.26. The highest BCUT2D eigenvalue weighted by atomic mass is 19.1. The van der Waals surface area contributed by atoms with E-state index >= 15 is 0 Å². The quantitative estimate of drug-likeness (QED) is 0.910. The third-order valence-corrected chi connectivity index (χ3v) is 4.57. The van der Waals surface area contributed by atoms with Crippen molar-refractivity contribution in [1.82, 2.24) is 10.2 Å². The zero-order valence-corrected chi connectivity index (χ0v) is 12.2. The third-order valence-electron chi connectivity index (χ3n) is 4.57. The van der Waals surface area contributed by atoms with E-state index in [-0.39, 0.29) is 5.82 Å². The molecule has 2 heterocycles. The molecule has 0 radical (unpaired) electrons. The number of likely N-dealkylation sites (tertiary alicyclic amines) is 1. The van der Waals surface area contributed by atoms with Crippen molar-refractivity contribution in [2.24, 2.45) is 0 Å². The summed E-state index contributed by atoms with van der Waals surface area (Å²) in [7, 11) is 1.91. The van der Waals surface area contributed by atoms with Crippen molar-refractivity contribution in [3.8, 4) is 0 Å². The number of halogens is 1. The van der Waals surface area contributed by atoms with Crippen molar-refractivity contribution in [3.63, 3.8) is 0 Å². The Kier molecular flexibility index (Phi) is 4.22. The lowest BCUT2D eigenvalue weighted by atomic mass is 10.1. The van der Waals surface area contributed by atoms with Crippen molar-refractivity contribution < 1.29 is 4.39 Å². The Morgan fingerprint density at radius 1 is 1.25 bits per heavy atom. The molecule has 110 valence electrons. The van der Waals surface area contributed by atoms with Crippen LogP contribution in [0.5, 0.6) is 0 Å². The van der Waals surface area contributed by atoms with Crippen LogP contribution in [-0.2, 0) is 6.54 Å². The molecule has 1 atom stereocenters. The van der Waals surface area contributed by atoms with Crippen molar-refractivity contribution in [1.29, 1.82) is 0 Å². The number of benzene rings is 1. The lowest BCUT2D eigenvalue weighted by molar-refractivity contribution is 0.260. The molecule has 2 saturated heterocycles. The molecule has 0 saturated carbocycles. The second kappa shape index (κ2) is 6.10. The summed E-state index contributed by atoms with van der Waals surface area (Å²) in [5.74, 6) is -0.144. The molecule has 0 aromatic heterocycles. The van der Waals surface area contributed by atoms with Crippen LogP contribution in [0.2, 0.25) is 0 Å². The monoisotopic (exact) mass is 277 g/mol. The number of nitrogens with one attached hydrogen (secondary N) is 1. The van der Waals surface area contributed by atoms with Crippen LogP contribution in [0.4, 0.5) is 10.1 Å². The Bertz CT molecular complexity index is 457. The first-order chi connectivity index (χ1) is 9.78. The number of anilines is 1. The van der Waals surface area contributed by atoms with E-state index in [0.717, 1.165) is 25.2 Å². The summed E-state index contributed by atoms with van der Waals surface area (Å²) in [5, 5.41) is 3.14. The molecule has 3 rings (SSSR count). The largest absolute Gasteiger partial charge is 0.370 e. The van der Waals surface area contributed by atoms with E-state index in [2.05, 4.69) is 15.1 Å². The standard InChI is InChI=1S/C16H24FN3/c1-18-11-13-10-14(17)4-5-16(13)20-9-6-15(12-20)19-7-2-3-8-19/h4-5,10,15,18H,2-3,6-9,11-12H2,1H3. The molecule has 1 N–H and O–H groups in total. The minimum atomic E-state index is -0.144. The summed E-state index contributed by atoms with van der Waals surface area (Å²) in [6, 6.07) is 5.87. The van der Waals surface area contributed by atoms with Crippen LogP contribution in [0.25, 0.3) is 0 Å². The van der Waals surface area contributed by atoms with E-state index in [1.165, 1.54) is 38.0 Å². The van der Waals surface area contributed by atoms with Crippen LogP contribution in [0.15, 0.2) is 18.2 Å². The molecule has 4 heteroatoms. The molecular formula is C16H24FN3. The van der Waals surface area contributed by atoms with E-state index in [4.69, 9.17) is 0 Å². The molecule has 0 bridgehead atoms. The smallest absolute Gasteiger partial charge is 0.123 e. The van der Waals surface area contributed by atoms with Gasteiger partial charge in [0.2, 0.25) is 0 Å². The van der Waals surface area contributed by atoms with Crippen LogP contribution in [0.3, 0.4) is 0 Å². The highest BCUT2D eigenvalue weighted by Gasteiger charge is 2.30. The molecular weight excluding hydrogens is 253 g/mol. The van der Waals surface area contributed by atoms with Gasteiger partial charge in [0.1, 0.15) is 5.82 Å². The average Bonchev–Trinajstić information content (AvgIpc) is 3.10. The molecule has 2 fully saturated rings. The van der Waals surface area contributed by atoms with Crippen molar-refractivity contribution in [2.75, 3.05) is 38.1 Å². The van der Waals surface area contributed by atoms with Gasteiger partial charge in [-0.15, -0.1) is 0 Å². The zero-order chi connectivity index (χ0) is 13.9. The molecule has 2 aliphatic rings. The summed E-state index contributed by atoms with van der Waals surface area (Å²) in [6.45, 7) is 5.40. The summed E-state index contributed by atoms with van der Waals surface area (Å²) >= 11 is 0. The van der Waals surface area contributed by atoms with Crippen LogP contribution in [0.1, 0.15) is 24.8 Å². The molecule has 0 amide bonds. The van der Waals surface area contributed by atoms with Crippen molar-refractivity contribution >= 4 is 5.69 Å². The maximum Gasteiger partial charge on any atom is 0.123 e. The number of nitrogens with zero attached hydrogens (tertiary/aromatic N) is 2. The predicted octanol–water partition coefficient (Wildman–Crippen LogP) is 2.22. The van der Waals surface area contributed by atoms with E-state index in [9.17, 15) is 4.39 Å². The van der Waals surface area contributed by atoms with E-state index in [0.29, 0.717) is 6.04 Å². The SMILES string of the molecule is CNCc1cc(F)ccc1N1CCC(N2CCCC2)C1. The van der Waals surface area contributed by atoms with E-state index in [1.807, 2.05) is 13.1 Å². The third kappa shape index (κ3) is 2.81. The molecule has 0 spiro atoms. The topological polar surface area (TPSA) is 18.5 Å². The fraction of sp³-hybridized carbons (Fsp3) is 0.625. The van der Waals surface area contributed by atoms with Crippen LogP contribution >= 0.6 is 0 Å². The first-order valence-corrected chi connectivity index (χ1v) is 7.70. The van der Waals surface area contributed by atoms with E-state index < -0.39 is 0 Å². The molecule has 3 nitrogen and oxygen atoms in total. The van der Waals surface area contributed by atoms with Crippen LogP contribution in [0, 0.1) is 5.82 Å². The summed E-state index contributed by atoms with van der Waals surface area (Å²) in [4.78, 5) is 5.05. The van der Waals surface area contributed by atoms with Gasteiger partial charge in [0, 0.05) is 31.4 Å². The van der Waals surface area contributed by atoms with Gasteiger partial charge in [-0.05, 0) is 63.2 Å². The highest BCUT2D eigenvalue weighted by molar-refractivity contribution is 5.55. The van der Waals surface area contributed by atoms with Crippen LogP contribution < -0.4 is 10.2 Å². The number of rotatable bonds is 4. The molecule has 1 aromatic carbocycles. The Morgan fingerprint density at radius 2 is 2.05 bits per heavy atom. The zero-order valence-electron chi connectivity index (χ0n) is 12.2. The molecule has 1 aromatic rings. The predicted molar refractivity (Wildman–Crippen MR) is 80.6 cm³/mol. The fourth-order valence-corrected chi connectivity index (χ4v) is 3.56. The fourth-order valence-electron chi connectivity index (χ4n) is 3.56. The van der Waals surface area contributed by atoms with Gasteiger partial charge in [-0.3, -0.25) is 4.90 Å². The molecule has 1 unspecified atom stereocenters. The molecule has 2 aliphatic heterocycles. The Labute approximate surface area is 120 Å². The Balaban J connectivity index is 1.73. The van der Waals surface area contributed by atoms with Gasteiger partial charge < -0.3 is 10.2 Å². The maximum absolute atomic E-state index is 13.4. The number of hydrogen-bond acceptors (Lipinski definition) is 3. The average molecular weight is 277 g/mol. The van der Waals surface area contributed by atoms with Gasteiger partial charge in [-0.1, -0.05) is 0 Å². The normalized spacial score (nSPS) is 23.7. The Morgan fingerprint density at radius 3 is 2.80 bits per heavy atom. The van der Waals surface area contributed by atoms with Gasteiger partial charge in [0.25, 0.3) is 0 Å². The van der Waals surface area contributed by atoms with Gasteiger partial charge in [0.15, 0.2) is 0 Å². The molecule has 0 aliphatic carbocycles. The van der Waals surface area contributed by atoms with Gasteiger partial charge >= 0.3 is 0 Å². The number of hydrogen-bond donors (Lipinski definition) is 1. The minimum absolute atomic E-state index is 0.144.